The summed E-state index contributed by atoms with van der Waals surface area (Å²) in [7, 11) is 1.65. The van der Waals surface area contributed by atoms with Gasteiger partial charge in [-0.3, -0.25) is 9.69 Å². The maximum atomic E-state index is 12.9. The number of benzene rings is 2. The summed E-state index contributed by atoms with van der Waals surface area (Å²) < 4.78 is 5.27. The first kappa shape index (κ1) is 19.6. The molecule has 3 heterocycles. The van der Waals surface area contributed by atoms with Crippen molar-refractivity contribution in [3.05, 3.63) is 84.6 Å². The molecule has 5 rings (SSSR count). The summed E-state index contributed by atoms with van der Waals surface area (Å²) in [5.41, 5.74) is 4.57. The van der Waals surface area contributed by atoms with Crippen molar-refractivity contribution in [1.29, 1.82) is 0 Å². The van der Waals surface area contributed by atoms with Gasteiger partial charge < -0.3 is 4.74 Å². The average Bonchev–Trinajstić information content (AvgIpc) is 2.84. The summed E-state index contributed by atoms with van der Waals surface area (Å²) in [5, 5.41) is 0.960. The Morgan fingerprint density at radius 2 is 1.81 bits per heavy atom. The molecule has 31 heavy (non-hydrogen) atoms. The maximum Gasteiger partial charge on any atom is 0.229 e. The van der Waals surface area contributed by atoms with Crippen LogP contribution in [-0.2, 0) is 4.79 Å². The van der Waals surface area contributed by atoms with Gasteiger partial charge in [0.1, 0.15) is 11.1 Å². The quantitative estimate of drug-likeness (QED) is 0.432. The van der Waals surface area contributed by atoms with Crippen molar-refractivity contribution in [2.75, 3.05) is 17.8 Å². The Bertz CT molecular complexity index is 1230. The summed E-state index contributed by atoms with van der Waals surface area (Å²) >= 11 is 1.78. The maximum absolute atomic E-state index is 12.9. The zero-order chi connectivity index (χ0) is 21.2. The van der Waals surface area contributed by atoms with Gasteiger partial charge in [0, 0.05) is 35.0 Å². The van der Waals surface area contributed by atoms with E-state index in [0.29, 0.717) is 6.42 Å². The second kappa shape index (κ2) is 8.40. The lowest BCUT2D eigenvalue weighted by Gasteiger charge is -2.35. The Hall–Kier alpha value is -3.38. The van der Waals surface area contributed by atoms with Crippen molar-refractivity contribution in [3.8, 4) is 17.0 Å². The number of hydrogen-bond acceptors (Lipinski definition) is 5. The minimum atomic E-state index is -0.0546. The molecule has 154 valence electrons. The van der Waals surface area contributed by atoms with Gasteiger partial charge in [0.05, 0.1) is 12.8 Å². The van der Waals surface area contributed by atoms with Crippen LogP contribution in [0.15, 0.2) is 79.0 Å². The number of carbonyl (C=O) groups excluding carboxylic acids is 1. The van der Waals surface area contributed by atoms with Crippen LogP contribution in [0, 0.1) is 0 Å². The van der Waals surface area contributed by atoms with Crippen molar-refractivity contribution < 1.29 is 9.53 Å². The lowest BCUT2D eigenvalue weighted by atomic mass is 10.1. The lowest BCUT2D eigenvalue weighted by Crippen LogP contribution is -2.37. The monoisotopic (exact) mass is 427 g/mol. The highest BCUT2D eigenvalue weighted by Gasteiger charge is 2.31. The molecule has 0 aliphatic carbocycles. The fourth-order valence-corrected chi connectivity index (χ4v) is 5.04. The Morgan fingerprint density at radius 1 is 1.00 bits per heavy atom. The minimum absolute atomic E-state index is 0.0546. The van der Waals surface area contributed by atoms with E-state index in [-0.39, 0.29) is 11.3 Å². The number of pyridine rings is 2. The highest BCUT2D eigenvalue weighted by molar-refractivity contribution is 7.99. The Balaban J connectivity index is 1.46. The smallest absolute Gasteiger partial charge is 0.229 e. The molecule has 1 amide bonds. The van der Waals surface area contributed by atoms with Crippen LogP contribution in [0.25, 0.3) is 22.3 Å². The van der Waals surface area contributed by atoms with Crippen LogP contribution in [0.5, 0.6) is 5.75 Å². The van der Waals surface area contributed by atoms with Crippen LogP contribution >= 0.6 is 11.8 Å². The number of carbonyl (C=O) groups is 1. The van der Waals surface area contributed by atoms with Crippen LogP contribution in [0.2, 0.25) is 0 Å². The van der Waals surface area contributed by atoms with E-state index in [0.717, 1.165) is 45.0 Å². The molecule has 2 aromatic carbocycles. The molecule has 0 N–H and O–H groups in total. The average molecular weight is 428 g/mol. The minimum Gasteiger partial charge on any atom is -0.497 e. The van der Waals surface area contributed by atoms with Gasteiger partial charge in [-0.2, -0.15) is 0 Å². The van der Waals surface area contributed by atoms with Crippen molar-refractivity contribution in [1.82, 2.24) is 9.97 Å². The van der Waals surface area contributed by atoms with Gasteiger partial charge in [-0.05, 0) is 54.1 Å². The molecule has 1 fully saturated rings. The molecule has 0 bridgehead atoms. The molecule has 2 aromatic heterocycles. The number of amides is 1. The van der Waals surface area contributed by atoms with E-state index in [1.807, 2.05) is 77.7 Å². The van der Waals surface area contributed by atoms with Gasteiger partial charge in [-0.15, -0.1) is 11.8 Å². The predicted molar refractivity (Wildman–Crippen MR) is 125 cm³/mol. The second-order valence-corrected chi connectivity index (χ2v) is 8.49. The summed E-state index contributed by atoms with van der Waals surface area (Å²) in [6.45, 7) is 0. The van der Waals surface area contributed by atoms with E-state index in [4.69, 9.17) is 4.74 Å². The van der Waals surface area contributed by atoms with Crippen LogP contribution in [0.4, 0.5) is 5.69 Å². The van der Waals surface area contributed by atoms with Crippen LogP contribution < -0.4 is 9.64 Å². The van der Waals surface area contributed by atoms with E-state index in [2.05, 4.69) is 9.97 Å². The Labute approximate surface area is 185 Å². The zero-order valence-electron chi connectivity index (χ0n) is 17.1. The first-order valence-electron chi connectivity index (χ1n) is 10.1. The number of anilines is 1. The van der Waals surface area contributed by atoms with Crippen LogP contribution in [-0.4, -0.2) is 28.7 Å². The molecule has 0 spiro atoms. The van der Waals surface area contributed by atoms with Crippen molar-refractivity contribution in [2.45, 2.75) is 11.8 Å². The fraction of sp³-hybridized carbons (Fsp3) is 0.160. The van der Waals surface area contributed by atoms with Gasteiger partial charge in [-0.1, -0.05) is 24.3 Å². The molecule has 6 heteroatoms. The largest absolute Gasteiger partial charge is 0.497 e. The van der Waals surface area contributed by atoms with Crippen molar-refractivity contribution in [3.63, 3.8) is 0 Å². The topological polar surface area (TPSA) is 55.3 Å². The standard InChI is InChI=1S/C25H21N3O2S/c1-30-21-11-6-19(7-12-21)25-28(23(29)14-16-31-25)20-9-4-17(5-10-20)22-13-8-18-3-2-15-26-24(18)27-22/h2-13,15,25H,14,16H2,1H3. The van der Waals surface area contributed by atoms with Crippen molar-refractivity contribution >= 4 is 34.4 Å². The summed E-state index contributed by atoms with van der Waals surface area (Å²) in [4.78, 5) is 23.8. The number of methoxy groups -OCH3 is 1. The second-order valence-electron chi connectivity index (χ2n) is 7.30. The van der Waals surface area contributed by atoms with E-state index in [9.17, 15) is 4.79 Å². The molecule has 1 unspecified atom stereocenters. The molecular weight excluding hydrogens is 406 g/mol. The van der Waals surface area contributed by atoms with Gasteiger partial charge in [0.25, 0.3) is 0 Å². The van der Waals surface area contributed by atoms with Crippen molar-refractivity contribution in [2.24, 2.45) is 0 Å². The highest BCUT2D eigenvalue weighted by atomic mass is 32.2. The summed E-state index contributed by atoms with van der Waals surface area (Å²) in [5.74, 6) is 1.77. The predicted octanol–water partition coefficient (Wildman–Crippen LogP) is 5.47. The first-order valence-corrected chi connectivity index (χ1v) is 11.2. The molecule has 1 aliphatic rings. The number of thioether (sulfide) groups is 1. The molecule has 0 radical (unpaired) electrons. The third kappa shape index (κ3) is 3.86. The summed E-state index contributed by atoms with van der Waals surface area (Å²) in [6, 6.07) is 23.9. The Morgan fingerprint density at radius 3 is 2.58 bits per heavy atom. The number of nitrogens with zero attached hydrogens (tertiary/aromatic N) is 3. The van der Waals surface area contributed by atoms with E-state index in [1.54, 1.807) is 25.1 Å². The molecule has 4 aromatic rings. The van der Waals surface area contributed by atoms with E-state index >= 15 is 0 Å². The molecule has 5 nitrogen and oxygen atoms in total. The van der Waals surface area contributed by atoms with Gasteiger partial charge in [0.2, 0.25) is 5.91 Å². The van der Waals surface area contributed by atoms with Crippen LogP contribution in [0.1, 0.15) is 17.4 Å². The number of rotatable bonds is 4. The van der Waals surface area contributed by atoms with E-state index in [1.165, 1.54) is 0 Å². The van der Waals surface area contributed by atoms with Gasteiger partial charge >= 0.3 is 0 Å². The molecule has 1 saturated heterocycles. The van der Waals surface area contributed by atoms with Gasteiger partial charge in [-0.25, -0.2) is 9.97 Å². The molecular formula is C25H21N3O2S. The Kier molecular flexibility index (Phi) is 5.30. The number of ether oxygens (including phenoxy) is 1. The van der Waals surface area contributed by atoms with Gasteiger partial charge in [0.15, 0.2) is 5.65 Å². The van der Waals surface area contributed by atoms with Crippen LogP contribution in [0.3, 0.4) is 0 Å². The summed E-state index contributed by atoms with van der Waals surface area (Å²) in [6.07, 6.45) is 2.29. The fourth-order valence-electron chi connectivity index (χ4n) is 3.78. The first-order chi connectivity index (χ1) is 15.2. The lowest BCUT2D eigenvalue weighted by molar-refractivity contribution is -0.118. The molecule has 0 saturated carbocycles. The SMILES string of the molecule is COc1ccc(C2SCCC(=O)N2c2ccc(-c3ccc4cccnc4n3)cc2)cc1. The zero-order valence-corrected chi connectivity index (χ0v) is 17.9. The molecule has 1 aliphatic heterocycles. The number of hydrogen-bond donors (Lipinski definition) is 0. The molecule has 1 atom stereocenters. The third-order valence-corrected chi connectivity index (χ3v) is 6.64. The normalized spacial score (nSPS) is 16.5. The highest BCUT2D eigenvalue weighted by Crippen LogP contribution is 2.41. The number of fused-ring (bicyclic) bond motifs is 1. The number of aromatic nitrogens is 2. The van der Waals surface area contributed by atoms with E-state index < -0.39 is 0 Å². The third-order valence-electron chi connectivity index (χ3n) is 5.40.